The Hall–Kier alpha value is -2.93. The third-order valence-corrected chi connectivity index (χ3v) is 4.85. The summed E-state index contributed by atoms with van der Waals surface area (Å²) in [6, 6.07) is 11.5. The van der Waals surface area contributed by atoms with Gasteiger partial charge in [-0.2, -0.15) is 0 Å². The first-order chi connectivity index (χ1) is 12.6. The maximum absolute atomic E-state index is 12.9. The number of aromatic nitrogens is 1. The molecule has 0 bridgehead atoms. The van der Waals surface area contributed by atoms with Crippen molar-refractivity contribution in [2.45, 2.75) is 13.3 Å². The fraction of sp³-hybridized carbons (Fsp3) is 0.158. The van der Waals surface area contributed by atoms with Crippen molar-refractivity contribution < 1.29 is 18.7 Å². The molecule has 0 saturated carbocycles. The van der Waals surface area contributed by atoms with E-state index in [0.29, 0.717) is 10.9 Å². The Kier molecular flexibility index (Phi) is 4.30. The highest BCUT2D eigenvalue weighted by atomic mass is 32.1. The van der Waals surface area contributed by atoms with Gasteiger partial charge in [-0.25, -0.2) is 9.37 Å². The average Bonchev–Trinajstić information content (AvgIpc) is 3.22. The van der Waals surface area contributed by atoms with Crippen molar-refractivity contribution in [3.63, 3.8) is 0 Å². The number of thiazole rings is 1. The number of hydrogen-bond acceptors (Lipinski definition) is 5. The monoisotopic (exact) mass is 370 g/mol. The summed E-state index contributed by atoms with van der Waals surface area (Å²) < 4.78 is 23.7. The van der Waals surface area contributed by atoms with E-state index in [1.165, 1.54) is 23.5 Å². The van der Waals surface area contributed by atoms with Crippen LogP contribution in [0.2, 0.25) is 0 Å². The number of carbonyl (C=O) groups is 1. The number of fused-ring (bicyclic) bond motifs is 1. The zero-order valence-electron chi connectivity index (χ0n) is 13.9. The molecule has 4 rings (SSSR count). The van der Waals surface area contributed by atoms with E-state index in [9.17, 15) is 9.18 Å². The number of ether oxygens (including phenoxy) is 2. The number of aryl methyl sites for hydroxylation is 1. The summed E-state index contributed by atoms with van der Waals surface area (Å²) in [6.07, 6.45) is 0.165. The molecule has 5 nitrogen and oxygen atoms in total. The second-order valence-corrected chi connectivity index (χ2v) is 7.05. The van der Waals surface area contributed by atoms with Crippen molar-refractivity contribution in [3.8, 4) is 22.8 Å². The van der Waals surface area contributed by atoms with Crippen LogP contribution in [-0.4, -0.2) is 17.7 Å². The van der Waals surface area contributed by atoms with E-state index < -0.39 is 0 Å². The Bertz CT molecular complexity index is 969. The van der Waals surface area contributed by atoms with E-state index in [1.807, 2.05) is 25.1 Å². The average molecular weight is 370 g/mol. The van der Waals surface area contributed by atoms with Crippen LogP contribution in [0.25, 0.3) is 11.3 Å². The molecule has 0 atom stereocenters. The number of halogens is 1. The van der Waals surface area contributed by atoms with Crippen LogP contribution in [0, 0.1) is 12.7 Å². The first-order valence-electron chi connectivity index (χ1n) is 8.00. The predicted molar refractivity (Wildman–Crippen MR) is 97.1 cm³/mol. The van der Waals surface area contributed by atoms with Gasteiger partial charge in [-0.3, -0.25) is 4.79 Å². The molecule has 0 spiro atoms. The molecule has 1 amide bonds. The molecule has 0 radical (unpaired) electrons. The molecule has 1 aromatic heterocycles. The quantitative estimate of drug-likeness (QED) is 0.749. The summed E-state index contributed by atoms with van der Waals surface area (Å²) in [6.45, 7) is 2.17. The van der Waals surface area contributed by atoms with E-state index in [-0.39, 0.29) is 24.9 Å². The SMILES string of the molecule is Cc1sc(NC(=O)Cc2ccc(F)cc2)nc1-c1ccc2c(c1)OCO2. The molecule has 2 aromatic carbocycles. The summed E-state index contributed by atoms with van der Waals surface area (Å²) in [5, 5.41) is 3.34. The van der Waals surface area contributed by atoms with Crippen LogP contribution < -0.4 is 14.8 Å². The van der Waals surface area contributed by atoms with Crippen molar-refractivity contribution >= 4 is 22.4 Å². The Morgan fingerprint density at radius 1 is 1.19 bits per heavy atom. The van der Waals surface area contributed by atoms with Gasteiger partial charge in [-0.15, -0.1) is 11.3 Å². The smallest absolute Gasteiger partial charge is 0.231 e. The Morgan fingerprint density at radius 3 is 2.77 bits per heavy atom. The molecule has 2 heterocycles. The fourth-order valence-electron chi connectivity index (χ4n) is 2.71. The van der Waals surface area contributed by atoms with Gasteiger partial charge in [0.2, 0.25) is 12.7 Å². The maximum atomic E-state index is 12.9. The number of nitrogens with zero attached hydrogens (tertiary/aromatic N) is 1. The van der Waals surface area contributed by atoms with Gasteiger partial charge in [0.15, 0.2) is 16.6 Å². The zero-order chi connectivity index (χ0) is 18.1. The second-order valence-electron chi connectivity index (χ2n) is 5.84. The second kappa shape index (κ2) is 6.76. The largest absolute Gasteiger partial charge is 0.454 e. The van der Waals surface area contributed by atoms with Gasteiger partial charge in [0.1, 0.15) is 5.82 Å². The van der Waals surface area contributed by atoms with E-state index in [0.717, 1.165) is 27.4 Å². The molecule has 3 aromatic rings. The molecule has 132 valence electrons. The van der Waals surface area contributed by atoms with Gasteiger partial charge < -0.3 is 14.8 Å². The first-order valence-corrected chi connectivity index (χ1v) is 8.82. The summed E-state index contributed by atoms with van der Waals surface area (Å²) in [4.78, 5) is 17.7. The van der Waals surface area contributed by atoms with Gasteiger partial charge in [0.25, 0.3) is 0 Å². The summed E-state index contributed by atoms with van der Waals surface area (Å²) >= 11 is 1.41. The van der Waals surface area contributed by atoms with Crippen LogP contribution in [-0.2, 0) is 11.2 Å². The molecule has 7 heteroatoms. The molecule has 0 aliphatic carbocycles. The van der Waals surface area contributed by atoms with Crippen molar-refractivity contribution in [1.82, 2.24) is 4.98 Å². The Balaban J connectivity index is 1.49. The highest BCUT2D eigenvalue weighted by Gasteiger charge is 2.17. The number of anilines is 1. The number of amides is 1. The highest BCUT2D eigenvalue weighted by Crippen LogP contribution is 2.38. The summed E-state index contributed by atoms with van der Waals surface area (Å²) in [5.74, 6) is 0.895. The zero-order valence-corrected chi connectivity index (χ0v) is 14.7. The van der Waals surface area contributed by atoms with Crippen LogP contribution in [0.15, 0.2) is 42.5 Å². The first kappa shape index (κ1) is 16.5. The number of benzene rings is 2. The van der Waals surface area contributed by atoms with Gasteiger partial charge >= 0.3 is 0 Å². The standard InChI is InChI=1S/C19H15FN2O3S/c1-11-18(13-4-7-15-16(9-13)25-10-24-15)22-19(26-11)21-17(23)8-12-2-5-14(20)6-3-12/h2-7,9H,8,10H2,1H3,(H,21,22,23). The summed E-state index contributed by atoms with van der Waals surface area (Å²) in [7, 11) is 0. The summed E-state index contributed by atoms with van der Waals surface area (Å²) in [5.41, 5.74) is 2.44. The molecule has 0 fully saturated rings. The minimum absolute atomic E-state index is 0.165. The van der Waals surface area contributed by atoms with Gasteiger partial charge in [-0.05, 0) is 42.8 Å². The van der Waals surface area contributed by atoms with Crippen molar-refractivity contribution in [2.24, 2.45) is 0 Å². The third kappa shape index (κ3) is 3.39. The number of hydrogen-bond donors (Lipinski definition) is 1. The van der Waals surface area contributed by atoms with Crippen LogP contribution in [0.5, 0.6) is 11.5 Å². The lowest BCUT2D eigenvalue weighted by atomic mass is 10.1. The fourth-order valence-corrected chi connectivity index (χ4v) is 3.56. The third-order valence-electron chi connectivity index (χ3n) is 3.97. The number of rotatable bonds is 4. The lowest BCUT2D eigenvalue weighted by molar-refractivity contribution is -0.115. The van der Waals surface area contributed by atoms with E-state index in [2.05, 4.69) is 10.3 Å². The van der Waals surface area contributed by atoms with E-state index in [4.69, 9.17) is 9.47 Å². The van der Waals surface area contributed by atoms with Gasteiger partial charge in [0.05, 0.1) is 12.1 Å². The number of carbonyl (C=O) groups excluding carboxylic acids is 1. The molecule has 1 aliphatic heterocycles. The van der Waals surface area contributed by atoms with Crippen LogP contribution in [0.1, 0.15) is 10.4 Å². The van der Waals surface area contributed by atoms with Crippen LogP contribution in [0.4, 0.5) is 9.52 Å². The Morgan fingerprint density at radius 2 is 1.96 bits per heavy atom. The van der Waals surface area contributed by atoms with Crippen molar-refractivity contribution in [1.29, 1.82) is 0 Å². The van der Waals surface area contributed by atoms with Gasteiger partial charge in [-0.1, -0.05) is 12.1 Å². The van der Waals surface area contributed by atoms with Crippen LogP contribution >= 0.6 is 11.3 Å². The van der Waals surface area contributed by atoms with Crippen molar-refractivity contribution in [2.75, 3.05) is 12.1 Å². The predicted octanol–water partition coefficient (Wildman–Crippen LogP) is 4.17. The van der Waals surface area contributed by atoms with Crippen molar-refractivity contribution in [3.05, 3.63) is 58.7 Å². The Labute approximate surface area is 153 Å². The molecule has 1 aliphatic rings. The minimum atomic E-state index is -0.321. The topological polar surface area (TPSA) is 60.5 Å². The lowest BCUT2D eigenvalue weighted by Crippen LogP contribution is -2.14. The minimum Gasteiger partial charge on any atom is -0.454 e. The molecule has 26 heavy (non-hydrogen) atoms. The molecule has 0 saturated heterocycles. The van der Waals surface area contributed by atoms with E-state index in [1.54, 1.807) is 12.1 Å². The number of nitrogens with one attached hydrogen (secondary N) is 1. The van der Waals surface area contributed by atoms with Crippen LogP contribution in [0.3, 0.4) is 0 Å². The normalized spacial score (nSPS) is 12.2. The molecular formula is C19H15FN2O3S. The maximum Gasteiger partial charge on any atom is 0.231 e. The van der Waals surface area contributed by atoms with E-state index >= 15 is 0 Å². The molecule has 1 N–H and O–H groups in total. The van der Waals surface area contributed by atoms with Gasteiger partial charge in [0, 0.05) is 10.4 Å². The lowest BCUT2D eigenvalue weighted by Gasteiger charge is -2.02. The molecule has 0 unspecified atom stereocenters. The highest BCUT2D eigenvalue weighted by molar-refractivity contribution is 7.16. The molecular weight excluding hydrogens is 355 g/mol.